The van der Waals surface area contributed by atoms with Crippen LogP contribution in [0.3, 0.4) is 0 Å². The zero-order chi connectivity index (χ0) is 4.12. The van der Waals surface area contributed by atoms with Gasteiger partial charge in [0.1, 0.15) is 0 Å². The molecule has 0 aliphatic heterocycles. The van der Waals surface area contributed by atoms with E-state index in [-0.39, 0.29) is 0 Å². The summed E-state index contributed by atoms with van der Waals surface area (Å²) < 4.78 is 0. The van der Waals surface area contributed by atoms with Crippen LogP contribution in [0.2, 0.25) is 0 Å². The fourth-order valence-corrected chi connectivity index (χ4v) is 0.102. The Morgan fingerprint density at radius 2 is 2.40 bits per heavy atom. The van der Waals surface area contributed by atoms with Crippen LogP contribution in [-0.2, 0) is 0 Å². The maximum Gasteiger partial charge on any atom is 0.00974 e. The molecule has 3 N–H and O–H groups in total. The van der Waals surface area contributed by atoms with E-state index in [1.807, 2.05) is 0 Å². The van der Waals surface area contributed by atoms with E-state index in [0.29, 0.717) is 0 Å². The van der Waals surface area contributed by atoms with Crippen molar-refractivity contribution in [1.82, 2.24) is 5.43 Å². The lowest BCUT2D eigenvalue weighted by molar-refractivity contribution is 0.738. The van der Waals surface area contributed by atoms with E-state index in [4.69, 9.17) is 5.84 Å². The third-order valence-corrected chi connectivity index (χ3v) is 0.321. The SMILES string of the molecule is [CH2]CCNN. The molecule has 5 heavy (non-hydrogen) atoms. The Bertz CT molecular complexity index is 12.4. The molecule has 0 saturated heterocycles. The minimum Gasteiger partial charge on any atom is -0.271 e. The van der Waals surface area contributed by atoms with Crippen molar-refractivity contribution >= 4 is 0 Å². The number of hydrogen-bond donors (Lipinski definition) is 2. The van der Waals surface area contributed by atoms with E-state index < -0.39 is 0 Å². The topological polar surface area (TPSA) is 38.0 Å². The fourth-order valence-electron chi connectivity index (χ4n) is 0.102. The van der Waals surface area contributed by atoms with Gasteiger partial charge in [0.25, 0.3) is 0 Å². The second-order valence-corrected chi connectivity index (χ2v) is 0.808. The van der Waals surface area contributed by atoms with Crippen molar-refractivity contribution in [2.45, 2.75) is 6.42 Å². The van der Waals surface area contributed by atoms with Gasteiger partial charge in [-0.1, -0.05) is 6.92 Å². The molecule has 0 aromatic heterocycles. The average molecular weight is 73.1 g/mol. The Kier molecular flexibility index (Phi) is 3.86. The molecule has 0 fully saturated rings. The number of hydrogen-bond acceptors (Lipinski definition) is 2. The van der Waals surface area contributed by atoms with Gasteiger partial charge < -0.3 is 0 Å². The molecule has 0 aromatic rings. The Morgan fingerprint density at radius 3 is 2.40 bits per heavy atom. The van der Waals surface area contributed by atoms with E-state index in [0.717, 1.165) is 13.0 Å². The van der Waals surface area contributed by atoms with Crippen molar-refractivity contribution in [1.29, 1.82) is 0 Å². The zero-order valence-corrected chi connectivity index (χ0v) is 3.20. The predicted molar refractivity (Wildman–Crippen MR) is 22.2 cm³/mol. The van der Waals surface area contributed by atoms with Crippen LogP contribution in [0.25, 0.3) is 0 Å². The van der Waals surface area contributed by atoms with Gasteiger partial charge in [0, 0.05) is 6.54 Å². The van der Waals surface area contributed by atoms with Gasteiger partial charge in [0.2, 0.25) is 0 Å². The summed E-state index contributed by atoms with van der Waals surface area (Å²) >= 11 is 0. The first-order valence-electron chi connectivity index (χ1n) is 1.64. The number of rotatable bonds is 2. The number of nitrogens with two attached hydrogens (primary N) is 1. The maximum absolute atomic E-state index is 4.85. The minimum absolute atomic E-state index is 0.806. The summed E-state index contributed by atoms with van der Waals surface area (Å²) in [6.45, 7) is 4.34. The van der Waals surface area contributed by atoms with Crippen LogP contribution in [0, 0.1) is 6.92 Å². The van der Waals surface area contributed by atoms with Crippen LogP contribution in [0.1, 0.15) is 6.42 Å². The van der Waals surface area contributed by atoms with Crippen LogP contribution in [0.4, 0.5) is 0 Å². The van der Waals surface area contributed by atoms with Crippen LogP contribution in [0.5, 0.6) is 0 Å². The largest absolute Gasteiger partial charge is 0.271 e. The molecule has 0 bridgehead atoms. The van der Waals surface area contributed by atoms with Crippen LogP contribution >= 0.6 is 0 Å². The molecule has 0 saturated carbocycles. The van der Waals surface area contributed by atoms with Crippen LogP contribution in [-0.4, -0.2) is 6.54 Å². The predicted octanol–water partition coefficient (Wildman–Crippen LogP) is -0.326. The summed E-state index contributed by atoms with van der Waals surface area (Å²) in [5.74, 6) is 4.85. The molecule has 0 aliphatic rings. The summed E-state index contributed by atoms with van der Waals surface area (Å²) in [6.07, 6.45) is 0.858. The Balaban J connectivity index is 2.19. The first-order valence-corrected chi connectivity index (χ1v) is 1.64. The highest BCUT2D eigenvalue weighted by Gasteiger charge is 1.65. The van der Waals surface area contributed by atoms with Crippen LogP contribution in [0.15, 0.2) is 0 Å². The lowest BCUT2D eigenvalue weighted by atomic mass is 10.5. The van der Waals surface area contributed by atoms with Gasteiger partial charge in [0.15, 0.2) is 0 Å². The molecule has 0 amide bonds. The zero-order valence-electron chi connectivity index (χ0n) is 3.20. The van der Waals surface area contributed by atoms with Crippen molar-refractivity contribution in [3.05, 3.63) is 6.92 Å². The van der Waals surface area contributed by atoms with E-state index in [9.17, 15) is 0 Å². The van der Waals surface area contributed by atoms with Crippen molar-refractivity contribution < 1.29 is 0 Å². The summed E-state index contributed by atoms with van der Waals surface area (Å²) in [5.41, 5.74) is 2.45. The van der Waals surface area contributed by atoms with Crippen molar-refractivity contribution in [2.75, 3.05) is 6.54 Å². The van der Waals surface area contributed by atoms with Gasteiger partial charge in [-0.25, -0.2) is 0 Å². The molecule has 0 aliphatic carbocycles. The van der Waals surface area contributed by atoms with E-state index in [1.54, 1.807) is 0 Å². The van der Waals surface area contributed by atoms with E-state index in [1.165, 1.54) is 0 Å². The Morgan fingerprint density at radius 1 is 1.80 bits per heavy atom. The molecule has 0 heterocycles. The van der Waals surface area contributed by atoms with Crippen molar-refractivity contribution in [3.63, 3.8) is 0 Å². The standard InChI is InChI=1S/C3H9N2/c1-2-3-5-4/h5H,1-4H2. The minimum atomic E-state index is 0.806. The van der Waals surface area contributed by atoms with E-state index >= 15 is 0 Å². The average Bonchev–Trinajstić information content (AvgIpc) is 1.41. The normalized spacial score (nSPS) is 8.40. The molecule has 0 rings (SSSR count). The lowest BCUT2D eigenvalue weighted by Crippen LogP contribution is -2.21. The third-order valence-electron chi connectivity index (χ3n) is 0.321. The number of nitrogens with one attached hydrogen (secondary N) is 1. The molecule has 2 nitrogen and oxygen atoms in total. The first-order chi connectivity index (χ1) is 2.41. The molecular formula is C3H9N2. The summed E-state index contributed by atoms with van der Waals surface area (Å²) in [4.78, 5) is 0. The molecule has 0 atom stereocenters. The molecule has 0 spiro atoms. The van der Waals surface area contributed by atoms with Gasteiger partial charge in [-0.15, -0.1) is 0 Å². The highest BCUT2D eigenvalue weighted by atomic mass is 15.2. The van der Waals surface area contributed by atoms with Gasteiger partial charge >= 0.3 is 0 Å². The summed E-state index contributed by atoms with van der Waals surface area (Å²) in [5, 5.41) is 0. The van der Waals surface area contributed by atoms with Gasteiger partial charge in [-0.2, -0.15) is 0 Å². The molecular weight excluding hydrogens is 64.0 g/mol. The van der Waals surface area contributed by atoms with E-state index in [2.05, 4.69) is 12.3 Å². The summed E-state index contributed by atoms with van der Waals surface area (Å²) in [7, 11) is 0. The second-order valence-electron chi connectivity index (χ2n) is 0.808. The molecule has 0 aromatic carbocycles. The highest BCUT2D eigenvalue weighted by molar-refractivity contribution is 4.37. The van der Waals surface area contributed by atoms with Gasteiger partial charge in [-0.05, 0) is 6.42 Å². The van der Waals surface area contributed by atoms with Crippen molar-refractivity contribution in [3.8, 4) is 0 Å². The number of hydrazine groups is 1. The Hall–Kier alpha value is -0.0800. The highest BCUT2D eigenvalue weighted by Crippen LogP contribution is 1.59. The Labute approximate surface area is 32.3 Å². The molecule has 0 unspecified atom stereocenters. The molecule has 2 heteroatoms. The van der Waals surface area contributed by atoms with Crippen molar-refractivity contribution in [2.24, 2.45) is 5.84 Å². The van der Waals surface area contributed by atoms with Crippen LogP contribution < -0.4 is 11.3 Å². The molecule has 1 radical (unpaired) electrons. The van der Waals surface area contributed by atoms with Gasteiger partial charge in [-0.3, -0.25) is 11.3 Å². The maximum atomic E-state index is 4.85. The quantitative estimate of drug-likeness (QED) is 0.347. The summed E-state index contributed by atoms with van der Waals surface area (Å²) in [6, 6.07) is 0. The monoisotopic (exact) mass is 73.1 g/mol. The lowest BCUT2D eigenvalue weighted by Gasteiger charge is -1.84. The molecule has 31 valence electrons. The first kappa shape index (κ1) is 4.92. The fraction of sp³-hybridized carbons (Fsp3) is 0.667. The van der Waals surface area contributed by atoms with Gasteiger partial charge in [0.05, 0.1) is 0 Å². The third kappa shape index (κ3) is 3.92. The second kappa shape index (κ2) is 3.92. The smallest absolute Gasteiger partial charge is 0.00974 e.